The van der Waals surface area contributed by atoms with Crippen molar-refractivity contribution in [1.82, 2.24) is 19.7 Å². The number of amides is 1. The number of aromatic nitrogens is 3. The first-order chi connectivity index (χ1) is 12.1. The van der Waals surface area contributed by atoms with Crippen molar-refractivity contribution in [2.45, 2.75) is 37.8 Å². The van der Waals surface area contributed by atoms with Crippen LogP contribution in [0.5, 0.6) is 0 Å². The second-order valence-electron chi connectivity index (χ2n) is 6.44. The smallest absolute Gasteiger partial charge is 0.233 e. The SMILES string of the molecule is C=C(C)CN(CC)C(=O)CSc1nnc(C2CC2)n1-c1ccccc1. The van der Waals surface area contributed by atoms with E-state index in [1.807, 2.05) is 36.9 Å². The highest BCUT2D eigenvalue weighted by Crippen LogP contribution is 2.41. The Morgan fingerprint density at radius 1 is 1.32 bits per heavy atom. The van der Waals surface area contributed by atoms with Crippen molar-refractivity contribution in [3.63, 3.8) is 0 Å². The molecule has 1 aliphatic rings. The number of para-hydroxylation sites is 1. The average molecular weight is 356 g/mol. The molecular weight excluding hydrogens is 332 g/mol. The summed E-state index contributed by atoms with van der Waals surface area (Å²) in [5.41, 5.74) is 2.04. The first-order valence-electron chi connectivity index (χ1n) is 8.65. The summed E-state index contributed by atoms with van der Waals surface area (Å²) in [5, 5.41) is 9.54. The molecule has 1 aromatic heterocycles. The predicted octanol–water partition coefficient (Wildman–Crippen LogP) is 3.66. The zero-order chi connectivity index (χ0) is 17.8. The van der Waals surface area contributed by atoms with Crippen molar-refractivity contribution in [1.29, 1.82) is 0 Å². The van der Waals surface area contributed by atoms with E-state index in [1.165, 1.54) is 11.8 Å². The van der Waals surface area contributed by atoms with Gasteiger partial charge in [0, 0.05) is 24.7 Å². The molecule has 0 radical (unpaired) electrons. The van der Waals surface area contributed by atoms with Crippen LogP contribution in [0, 0.1) is 0 Å². The van der Waals surface area contributed by atoms with Crippen LogP contribution in [0.25, 0.3) is 5.69 Å². The molecule has 0 aliphatic heterocycles. The van der Waals surface area contributed by atoms with Gasteiger partial charge in [0.2, 0.25) is 5.91 Å². The topological polar surface area (TPSA) is 51.0 Å². The van der Waals surface area contributed by atoms with E-state index in [0.717, 1.165) is 35.1 Å². The fraction of sp³-hybridized carbons (Fsp3) is 0.421. The van der Waals surface area contributed by atoms with Crippen LogP contribution in [0.4, 0.5) is 0 Å². The van der Waals surface area contributed by atoms with Crippen molar-refractivity contribution >= 4 is 17.7 Å². The Morgan fingerprint density at radius 3 is 2.64 bits per heavy atom. The van der Waals surface area contributed by atoms with E-state index in [9.17, 15) is 4.79 Å². The van der Waals surface area contributed by atoms with Crippen LogP contribution in [0.2, 0.25) is 0 Å². The van der Waals surface area contributed by atoms with Crippen LogP contribution >= 0.6 is 11.8 Å². The van der Waals surface area contributed by atoms with E-state index in [-0.39, 0.29) is 5.91 Å². The second-order valence-corrected chi connectivity index (χ2v) is 7.38. The lowest BCUT2D eigenvalue weighted by Crippen LogP contribution is -2.33. The maximum atomic E-state index is 12.5. The van der Waals surface area contributed by atoms with Gasteiger partial charge in [0.15, 0.2) is 5.16 Å². The van der Waals surface area contributed by atoms with Crippen molar-refractivity contribution < 1.29 is 4.79 Å². The minimum absolute atomic E-state index is 0.103. The number of carbonyl (C=O) groups is 1. The van der Waals surface area contributed by atoms with E-state index in [1.54, 1.807) is 0 Å². The number of thioether (sulfide) groups is 1. The van der Waals surface area contributed by atoms with Crippen LogP contribution in [0.15, 0.2) is 47.6 Å². The maximum absolute atomic E-state index is 12.5. The highest BCUT2D eigenvalue weighted by molar-refractivity contribution is 7.99. The quantitative estimate of drug-likeness (QED) is 0.535. The van der Waals surface area contributed by atoms with Gasteiger partial charge in [0.1, 0.15) is 5.82 Å². The van der Waals surface area contributed by atoms with Crippen LogP contribution in [-0.4, -0.2) is 44.4 Å². The van der Waals surface area contributed by atoms with E-state index in [2.05, 4.69) is 33.5 Å². The molecule has 1 saturated carbocycles. The molecule has 1 fully saturated rings. The monoisotopic (exact) mass is 356 g/mol. The zero-order valence-corrected chi connectivity index (χ0v) is 15.6. The zero-order valence-electron chi connectivity index (χ0n) is 14.8. The fourth-order valence-corrected chi connectivity index (χ4v) is 3.58. The van der Waals surface area contributed by atoms with E-state index >= 15 is 0 Å². The minimum Gasteiger partial charge on any atom is -0.338 e. The number of benzene rings is 1. The molecule has 25 heavy (non-hydrogen) atoms. The molecular formula is C19H24N4OS. The van der Waals surface area contributed by atoms with Crippen LogP contribution in [0.1, 0.15) is 38.4 Å². The molecule has 132 valence electrons. The summed E-state index contributed by atoms with van der Waals surface area (Å²) in [6, 6.07) is 10.1. The summed E-state index contributed by atoms with van der Waals surface area (Å²) in [7, 11) is 0. The number of hydrogen-bond acceptors (Lipinski definition) is 4. The Hall–Kier alpha value is -2.08. The molecule has 0 unspecified atom stereocenters. The van der Waals surface area contributed by atoms with Crippen LogP contribution in [0.3, 0.4) is 0 Å². The standard InChI is InChI=1S/C19H24N4OS/c1-4-22(12-14(2)3)17(24)13-25-19-21-20-18(15-10-11-15)23(19)16-8-6-5-7-9-16/h5-9,15H,2,4,10-13H2,1,3H3. The van der Waals surface area contributed by atoms with E-state index in [0.29, 0.717) is 24.8 Å². The molecule has 2 aromatic rings. The molecule has 6 heteroatoms. The first-order valence-corrected chi connectivity index (χ1v) is 9.64. The van der Waals surface area contributed by atoms with Gasteiger partial charge in [0.05, 0.1) is 5.75 Å². The largest absolute Gasteiger partial charge is 0.338 e. The summed E-state index contributed by atoms with van der Waals surface area (Å²) >= 11 is 1.46. The third kappa shape index (κ3) is 4.31. The van der Waals surface area contributed by atoms with Crippen molar-refractivity contribution in [3.8, 4) is 5.69 Å². The Kier molecular flexibility index (Phi) is 5.58. The summed E-state index contributed by atoms with van der Waals surface area (Å²) in [6.45, 7) is 9.12. The highest BCUT2D eigenvalue weighted by atomic mass is 32.2. The van der Waals surface area contributed by atoms with Crippen molar-refractivity contribution in [2.24, 2.45) is 0 Å². The number of hydrogen-bond donors (Lipinski definition) is 0. The van der Waals surface area contributed by atoms with E-state index in [4.69, 9.17) is 0 Å². The summed E-state index contributed by atoms with van der Waals surface area (Å²) < 4.78 is 2.10. The number of rotatable bonds is 8. The number of likely N-dealkylation sites (N-methyl/N-ethyl adjacent to an activating group) is 1. The molecule has 0 saturated heterocycles. The van der Waals surface area contributed by atoms with E-state index < -0.39 is 0 Å². The van der Waals surface area contributed by atoms with Gasteiger partial charge in [-0.15, -0.1) is 10.2 Å². The van der Waals surface area contributed by atoms with Crippen molar-refractivity contribution in [3.05, 3.63) is 48.3 Å². The van der Waals surface area contributed by atoms with Gasteiger partial charge in [-0.1, -0.05) is 42.1 Å². The maximum Gasteiger partial charge on any atom is 0.233 e. The predicted molar refractivity (Wildman–Crippen MR) is 101 cm³/mol. The number of carbonyl (C=O) groups excluding carboxylic acids is 1. The molecule has 1 heterocycles. The van der Waals surface area contributed by atoms with Crippen LogP contribution < -0.4 is 0 Å². The van der Waals surface area contributed by atoms with Gasteiger partial charge >= 0.3 is 0 Å². The molecule has 1 amide bonds. The Bertz CT molecular complexity index is 752. The molecule has 1 aliphatic carbocycles. The molecule has 0 bridgehead atoms. The summed E-state index contributed by atoms with van der Waals surface area (Å²) in [4.78, 5) is 14.3. The second kappa shape index (κ2) is 7.87. The highest BCUT2D eigenvalue weighted by Gasteiger charge is 2.31. The van der Waals surface area contributed by atoms with Crippen molar-refractivity contribution in [2.75, 3.05) is 18.8 Å². The third-order valence-electron chi connectivity index (χ3n) is 4.14. The van der Waals surface area contributed by atoms with Crippen LogP contribution in [-0.2, 0) is 4.79 Å². The Labute approximate surface area is 153 Å². The van der Waals surface area contributed by atoms with Gasteiger partial charge in [-0.3, -0.25) is 9.36 Å². The van der Waals surface area contributed by atoms with Gasteiger partial charge in [-0.25, -0.2) is 0 Å². The third-order valence-corrected chi connectivity index (χ3v) is 5.05. The lowest BCUT2D eigenvalue weighted by molar-refractivity contribution is -0.127. The number of nitrogens with zero attached hydrogens (tertiary/aromatic N) is 4. The first kappa shape index (κ1) is 17.7. The van der Waals surface area contributed by atoms with Gasteiger partial charge < -0.3 is 4.90 Å². The fourth-order valence-electron chi connectivity index (χ4n) is 2.72. The molecule has 0 N–H and O–H groups in total. The van der Waals surface area contributed by atoms with Gasteiger partial charge in [-0.2, -0.15) is 0 Å². The lowest BCUT2D eigenvalue weighted by Gasteiger charge is -2.20. The van der Waals surface area contributed by atoms with Gasteiger partial charge in [0.25, 0.3) is 0 Å². The Morgan fingerprint density at radius 2 is 2.04 bits per heavy atom. The molecule has 3 rings (SSSR count). The summed E-state index contributed by atoms with van der Waals surface area (Å²) in [6.07, 6.45) is 2.33. The lowest BCUT2D eigenvalue weighted by atomic mass is 10.3. The molecule has 5 nitrogen and oxygen atoms in total. The molecule has 0 spiro atoms. The van der Waals surface area contributed by atoms with Gasteiger partial charge in [-0.05, 0) is 38.8 Å². The Balaban J connectivity index is 1.77. The normalized spacial score (nSPS) is 13.7. The average Bonchev–Trinajstić information content (AvgIpc) is 3.37. The summed E-state index contributed by atoms with van der Waals surface area (Å²) in [5.74, 6) is 1.96. The molecule has 1 aromatic carbocycles. The molecule has 0 atom stereocenters. The minimum atomic E-state index is 0.103.